The van der Waals surface area contributed by atoms with E-state index in [1.165, 1.54) is 19.3 Å². The van der Waals surface area contributed by atoms with E-state index in [9.17, 15) is 0 Å². The van der Waals surface area contributed by atoms with Crippen molar-refractivity contribution < 1.29 is 0 Å². The molecule has 0 spiro atoms. The fourth-order valence-electron chi connectivity index (χ4n) is 0.577. The predicted molar refractivity (Wildman–Crippen MR) is 68.2 cm³/mol. The van der Waals surface area contributed by atoms with Gasteiger partial charge in [0.2, 0.25) is 0 Å². The van der Waals surface area contributed by atoms with Crippen LogP contribution < -0.4 is 0 Å². The summed E-state index contributed by atoms with van der Waals surface area (Å²) in [7, 11) is 0. The van der Waals surface area contributed by atoms with E-state index in [0.717, 1.165) is 5.92 Å². The maximum absolute atomic E-state index is 3.00. The van der Waals surface area contributed by atoms with Crippen LogP contribution in [0.3, 0.4) is 0 Å². The SMILES string of the molecule is C=C.C=C.CCC.CCCC(C)C. The molecule has 0 aromatic rings. The minimum Gasteiger partial charge on any atom is -0.106 e. The van der Waals surface area contributed by atoms with Crippen LogP contribution in [0.1, 0.15) is 53.9 Å². The third-order valence-corrected chi connectivity index (χ3v) is 0.866. The Labute approximate surface area is 86.8 Å². The van der Waals surface area contributed by atoms with Crippen molar-refractivity contribution >= 4 is 0 Å². The third-order valence-electron chi connectivity index (χ3n) is 0.866. The van der Waals surface area contributed by atoms with Gasteiger partial charge in [0.25, 0.3) is 0 Å². The van der Waals surface area contributed by atoms with Crippen molar-refractivity contribution in [2.75, 3.05) is 0 Å². The van der Waals surface area contributed by atoms with Crippen molar-refractivity contribution in [2.24, 2.45) is 5.92 Å². The maximum atomic E-state index is 3.00. The molecule has 0 unspecified atom stereocenters. The molecule has 0 aliphatic heterocycles. The van der Waals surface area contributed by atoms with Crippen molar-refractivity contribution in [2.45, 2.75) is 53.9 Å². The standard InChI is InChI=1S/C6H14.C3H8.2C2H4/c1-4-5-6(2)3;1-3-2;2*1-2/h6H,4-5H2,1-3H3;3H2,1-2H3;2*1-2H2. The van der Waals surface area contributed by atoms with Crippen molar-refractivity contribution in [1.82, 2.24) is 0 Å². The molecule has 0 aromatic heterocycles. The van der Waals surface area contributed by atoms with Gasteiger partial charge >= 0.3 is 0 Å². The van der Waals surface area contributed by atoms with Gasteiger partial charge in [-0.05, 0) is 5.92 Å². The molecule has 0 aliphatic carbocycles. The van der Waals surface area contributed by atoms with E-state index in [-0.39, 0.29) is 0 Å². The molecule has 0 saturated carbocycles. The molecular formula is C13H30. The van der Waals surface area contributed by atoms with Gasteiger partial charge < -0.3 is 0 Å². The van der Waals surface area contributed by atoms with Crippen molar-refractivity contribution in [3.8, 4) is 0 Å². The topological polar surface area (TPSA) is 0 Å². The van der Waals surface area contributed by atoms with Gasteiger partial charge in [0.1, 0.15) is 0 Å². The van der Waals surface area contributed by atoms with Gasteiger partial charge in [-0.2, -0.15) is 0 Å². The lowest BCUT2D eigenvalue weighted by Crippen LogP contribution is -1.81. The molecule has 0 fully saturated rings. The van der Waals surface area contributed by atoms with Gasteiger partial charge in [-0.15, -0.1) is 26.3 Å². The largest absolute Gasteiger partial charge is 0.106 e. The first-order valence-corrected chi connectivity index (χ1v) is 5.18. The second-order valence-electron chi connectivity index (χ2n) is 2.89. The summed E-state index contributed by atoms with van der Waals surface area (Å²) in [6.45, 7) is 23.0. The van der Waals surface area contributed by atoms with E-state index < -0.39 is 0 Å². The Kier molecular flexibility index (Phi) is 73.9. The Morgan fingerprint density at radius 2 is 1.08 bits per heavy atom. The number of rotatable bonds is 2. The molecular weight excluding hydrogens is 156 g/mol. The fraction of sp³-hybridized carbons (Fsp3) is 0.692. The van der Waals surface area contributed by atoms with Crippen LogP contribution >= 0.6 is 0 Å². The number of hydrogen-bond donors (Lipinski definition) is 0. The van der Waals surface area contributed by atoms with E-state index >= 15 is 0 Å². The molecule has 0 amide bonds. The highest BCUT2D eigenvalue weighted by Crippen LogP contribution is 2.00. The van der Waals surface area contributed by atoms with E-state index in [2.05, 4.69) is 60.9 Å². The van der Waals surface area contributed by atoms with Gasteiger partial charge in [-0.1, -0.05) is 53.9 Å². The molecule has 0 aromatic carbocycles. The zero-order valence-electron chi connectivity index (χ0n) is 10.5. The molecule has 0 heterocycles. The summed E-state index contributed by atoms with van der Waals surface area (Å²) in [5.41, 5.74) is 0. The molecule has 0 saturated heterocycles. The summed E-state index contributed by atoms with van der Waals surface area (Å²) >= 11 is 0. The average Bonchev–Trinajstić information content (AvgIpc) is 2.12. The second kappa shape index (κ2) is 42.0. The molecule has 0 radical (unpaired) electrons. The summed E-state index contributed by atoms with van der Waals surface area (Å²) in [6, 6.07) is 0. The lowest BCUT2D eigenvalue weighted by Gasteiger charge is -1.95. The van der Waals surface area contributed by atoms with Gasteiger partial charge in [0, 0.05) is 0 Å². The van der Waals surface area contributed by atoms with Crippen LogP contribution in [0.15, 0.2) is 26.3 Å². The van der Waals surface area contributed by atoms with Crippen LogP contribution in [0.4, 0.5) is 0 Å². The second-order valence-corrected chi connectivity index (χ2v) is 2.89. The summed E-state index contributed by atoms with van der Waals surface area (Å²) in [4.78, 5) is 0. The van der Waals surface area contributed by atoms with Crippen LogP contribution in [0.25, 0.3) is 0 Å². The first-order valence-electron chi connectivity index (χ1n) is 5.18. The van der Waals surface area contributed by atoms with Gasteiger partial charge in [0.15, 0.2) is 0 Å². The van der Waals surface area contributed by atoms with Gasteiger partial charge in [0.05, 0.1) is 0 Å². The quantitative estimate of drug-likeness (QED) is 0.502. The highest BCUT2D eigenvalue weighted by atomic mass is 13.9. The van der Waals surface area contributed by atoms with Crippen LogP contribution in [-0.2, 0) is 0 Å². The summed E-state index contributed by atoms with van der Waals surface area (Å²) < 4.78 is 0. The van der Waals surface area contributed by atoms with Crippen molar-refractivity contribution in [3.63, 3.8) is 0 Å². The molecule has 0 aliphatic rings. The highest BCUT2D eigenvalue weighted by Gasteiger charge is 1.85. The average molecular weight is 186 g/mol. The smallest absolute Gasteiger partial charge is 0.0471 e. The van der Waals surface area contributed by atoms with Gasteiger partial charge in [-0.3, -0.25) is 0 Å². The maximum Gasteiger partial charge on any atom is -0.0471 e. The molecule has 0 rings (SSSR count). The summed E-state index contributed by atoms with van der Waals surface area (Å²) in [6.07, 6.45) is 3.96. The van der Waals surface area contributed by atoms with E-state index in [0.29, 0.717) is 0 Å². The Morgan fingerprint density at radius 3 is 1.08 bits per heavy atom. The first-order chi connectivity index (χ1) is 6.18. The predicted octanol–water partition coefficient (Wildman–Crippen LogP) is 5.46. The third kappa shape index (κ3) is 168. The summed E-state index contributed by atoms with van der Waals surface area (Å²) in [5, 5.41) is 0. The van der Waals surface area contributed by atoms with Crippen LogP contribution in [0.2, 0.25) is 0 Å². The molecule has 0 heteroatoms. The zero-order valence-corrected chi connectivity index (χ0v) is 10.5. The Hall–Kier alpha value is -0.520. The molecule has 82 valence electrons. The Morgan fingerprint density at radius 1 is 0.846 bits per heavy atom. The van der Waals surface area contributed by atoms with Crippen LogP contribution in [0, 0.1) is 5.92 Å². The Balaban J connectivity index is -0.0000000493. The van der Waals surface area contributed by atoms with Gasteiger partial charge in [-0.25, -0.2) is 0 Å². The van der Waals surface area contributed by atoms with Crippen LogP contribution in [-0.4, -0.2) is 0 Å². The van der Waals surface area contributed by atoms with E-state index in [4.69, 9.17) is 0 Å². The molecule has 0 N–H and O–H groups in total. The lowest BCUT2D eigenvalue weighted by molar-refractivity contribution is 0.576. The normalized spacial score (nSPS) is 6.62. The van der Waals surface area contributed by atoms with Crippen LogP contribution in [0.5, 0.6) is 0 Å². The van der Waals surface area contributed by atoms with Crippen molar-refractivity contribution in [3.05, 3.63) is 26.3 Å². The first kappa shape index (κ1) is 22.9. The molecule has 0 atom stereocenters. The minimum absolute atomic E-state index is 0.898. The zero-order chi connectivity index (χ0) is 11.7. The lowest BCUT2D eigenvalue weighted by atomic mass is 10.1. The molecule has 13 heavy (non-hydrogen) atoms. The molecule has 0 nitrogen and oxygen atoms in total. The fourth-order valence-corrected chi connectivity index (χ4v) is 0.577. The van der Waals surface area contributed by atoms with E-state index in [1.807, 2.05) is 0 Å². The highest BCUT2D eigenvalue weighted by molar-refractivity contribution is 4.38. The minimum atomic E-state index is 0.898. The molecule has 0 bridgehead atoms. The summed E-state index contributed by atoms with van der Waals surface area (Å²) in [5.74, 6) is 0.898. The van der Waals surface area contributed by atoms with Crippen molar-refractivity contribution in [1.29, 1.82) is 0 Å². The monoisotopic (exact) mass is 186 g/mol. The Bertz CT molecular complexity index is 44.0. The number of hydrogen-bond acceptors (Lipinski definition) is 0. The van der Waals surface area contributed by atoms with E-state index in [1.54, 1.807) is 0 Å².